The lowest BCUT2D eigenvalue weighted by molar-refractivity contribution is -0.226. The van der Waals surface area contributed by atoms with Gasteiger partial charge in [0.25, 0.3) is 0 Å². The highest BCUT2D eigenvalue weighted by atomic mass is 16.7. The third-order valence-electron chi connectivity index (χ3n) is 3.21. The van der Waals surface area contributed by atoms with Crippen LogP contribution in [0.5, 0.6) is 0 Å². The van der Waals surface area contributed by atoms with Crippen molar-refractivity contribution in [1.29, 1.82) is 0 Å². The molecule has 1 saturated heterocycles. The molecule has 1 fully saturated rings. The molecule has 2 N–H and O–H groups in total. The molecule has 1 aliphatic rings. The lowest BCUT2D eigenvalue weighted by atomic mass is 9.94. The fraction of sp³-hybridized carbons (Fsp3) is 0.600. The smallest absolute Gasteiger partial charge is 0.184 e. The van der Waals surface area contributed by atoms with Crippen LogP contribution >= 0.6 is 0 Å². The van der Waals surface area contributed by atoms with Crippen LogP contribution in [0.1, 0.15) is 37.7 Å². The van der Waals surface area contributed by atoms with Crippen molar-refractivity contribution in [1.82, 2.24) is 0 Å². The first kappa shape index (κ1) is 13.5. The highest BCUT2D eigenvalue weighted by Crippen LogP contribution is 2.32. The number of hydrogen-bond donors (Lipinski definition) is 1. The van der Waals surface area contributed by atoms with E-state index < -0.39 is 0 Å². The van der Waals surface area contributed by atoms with Crippen molar-refractivity contribution in [2.24, 2.45) is 11.1 Å². The van der Waals surface area contributed by atoms with Crippen LogP contribution in [0.3, 0.4) is 0 Å². The number of rotatable bonds is 4. The van der Waals surface area contributed by atoms with Gasteiger partial charge in [0, 0.05) is 11.0 Å². The Morgan fingerprint density at radius 1 is 1.22 bits per heavy atom. The van der Waals surface area contributed by atoms with Gasteiger partial charge in [0.1, 0.15) is 0 Å². The van der Waals surface area contributed by atoms with E-state index >= 15 is 0 Å². The summed E-state index contributed by atoms with van der Waals surface area (Å²) in [6, 6.07) is 8.32. The zero-order valence-corrected chi connectivity index (χ0v) is 11.3. The second-order valence-corrected chi connectivity index (χ2v) is 5.71. The van der Waals surface area contributed by atoms with Crippen LogP contribution in [0.15, 0.2) is 24.3 Å². The second-order valence-electron chi connectivity index (χ2n) is 5.71. The van der Waals surface area contributed by atoms with E-state index in [1.807, 2.05) is 6.07 Å². The summed E-state index contributed by atoms with van der Waals surface area (Å²) in [6.07, 6.45) is 1.76. The van der Waals surface area contributed by atoms with E-state index in [1.165, 1.54) is 5.56 Å². The molecule has 0 amide bonds. The molecule has 0 bridgehead atoms. The summed E-state index contributed by atoms with van der Waals surface area (Å²) in [5.41, 5.74) is 8.13. The van der Waals surface area contributed by atoms with E-state index in [2.05, 4.69) is 32.0 Å². The molecule has 0 atom stereocenters. The van der Waals surface area contributed by atoms with Gasteiger partial charge in [-0.2, -0.15) is 0 Å². The van der Waals surface area contributed by atoms with Gasteiger partial charge in [0.05, 0.1) is 13.2 Å². The average molecular weight is 249 g/mol. The molecule has 1 aromatic carbocycles. The SMILES string of the molecule is CC1(C)COC(c2ccccc2CCCN)OC1. The third-order valence-corrected chi connectivity index (χ3v) is 3.21. The summed E-state index contributed by atoms with van der Waals surface area (Å²) in [5.74, 6) is 0. The Morgan fingerprint density at radius 3 is 2.56 bits per heavy atom. The van der Waals surface area contributed by atoms with Crippen molar-refractivity contribution >= 4 is 0 Å². The monoisotopic (exact) mass is 249 g/mol. The summed E-state index contributed by atoms with van der Waals surface area (Å²) >= 11 is 0. The minimum atomic E-state index is -0.216. The lowest BCUT2D eigenvalue weighted by Crippen LogP contribution is -2.34. The van der Waals surface area contributed by atoms with Crippen LogP contribution in [0.2, 0.25) is 0 Å². The predicted octanol–water partition coefficient (Wildman–Crippen LogP) is 2.65. The first-order valence-electron chi connectivity index (χ1n) is 6.63. The van der Waals surface area contributed by atoms with E-state index in [4.69, 9.17) is 15.2 Å². The Bertz CT molecular complexity index is 380. The summed E-state index contributed by atoms with van der Waals surface area (Å²) in [4.78, 5) is 0. The quantitative estimate of drug-likeness (QED) is 0.892. The van der Waals surface area contributed by atoms with Gasteiger partial charge in [0.2, 0.25) is 0 Å². The number of ether oxygens (including phenoxy) is 2. The fourth-order valence-corrected chi connectivity index (χ4v) is 2.16. The zero-order chi connectivity index (χ0) is 13.0. The molecule has 3 nitrogen and oxygen atoms in total. The molecule has 2 rings (SSSR count). The molecular formula is C15H23NO2. The fourth-order valence-electron chi connectivity index (χ4n) is 2.16. The van der Waals surface area contributed by atoms with Crippen LogP contribution in [-0.4, -0.2) is 19.8 Å². The van der Waals surface area contributed by atoms with Crippen LogP contribution in [-0.2, 0) is 15.9 Å². The normalized spacial score (nSPS) is 19.9. The predicted molar refractivity (Wildman–Crippen MR) is 72.2 cm³/mol. The Labute approximate surface area is 109 Å². The molecular weight excluding hydrogens is 226 g/mol. The van der Waals surface area contributed by atoms with E-state index in [-0.39, 0.29) is 11.7 Å². The molecule has 0 aliphatic carbocycles. The summed E-state index contributed by atoms with van der Waals surface area (Å²) < 4.78 is 11.7. The molecule has 0 aromatic heterocycles. The standard InChI is InChI=1S/C15H23NO2/c1-15(2)10-17-14(18-11-15)13-8-4-3-6-12(13)7-5-9-16/h3-4,6,8,14H,5,7,9-11,16H2,1-2H3. The van der Waals surface area contributed by atoms with Gasteiger partial charge in [0.15, 0.2) is 6.29 Å². The van der Waals surface area contributed by atoms with Crippen LogP contribution in [0, 0.1) is 5.41 Å². The first-order chi connectivity index (χ1) is 8.62. The molecule has 1 aromatic rings. The van der Waals surface area contributed by atoms with Crippen LogP contribution < -0.4 is 5.73 Å². The molecule has 0 spiro atoms. The molecule has 18 heavy (non-hydrogen) atoms. The molecule has 1 aliphatic heterocycles. The maximum Gasteiger partial charge on any atom is 0.184 e. The Kier molecular flexibility index (Phi) is 4.38. The third kappa shape index (κ3) is 3.31. The minimum absolute atomic E-state index is 0.114. The van der Waals surface area contributed by atoms with Gasteiger partial charge < -0.3 is 15.2 Å². The number of aryl methyl sites for hydroxylation is 1. The topological polar surface area (TPSA) is 44.5 Å². The van der Waals surface area contributed by atoms with Gasteiger partial charge in [-0.25, -0.2) is 0 Å². The van der Waals surface area contributed by atoms with Gasteiger partial charge in [-0.1, -0.05) is 38.1 Å². The van der Waals surface area contributed by atoms with Crippen molar-refractivity contribution in [2.75, 3.05) is 19.8 Å². The summed E-state index contributed by atoms with van der Waals surface area (Å²) in [6.45, 7) is 6.51. The number of hydrogen-bond acceptors (Lipinski definition) is 3. The molecule has 0 unspecified atom stereocenters. The van der Waals surface area contributed by atoms with E-state index in [1.54, 1.807) is 0 Å². The Morgan fingerprint density at radius 2 is 1.89 bits per heavy atom. The number of nitrogens with two attached hydrogens (primary N) is 1. The first-order valence-corrected chi connectivity index (χ1v) is 6.63. The highest BCUT2D eigenvalue weighted by Gasteiger charge is 2.29. The summed E-state index contributed by atoms with van der Waals surface area (Å²) in [5, 5.41) is 0. The molecule has 3 heteroatoms. The maximum atomic E-state index is 5.85. The van der Waals surface area contributed by atoms with Crippen LogP contribution in [0.4, 0.5) is 0 Å². The average Bonchev–Trinajstić information content (AvgIpc) is 2.37. The highest BCUT2D eigenvalue weighted by molar-refractivity contribution is 5.28. The van der Waals surface area contributed by atoms with E-state index in [9.17, 15) is 0 Å². The van der Waals surface area contributed by atoms with Crippen LogP contribution in [0.25, 0.3) is 0 Å². The molecule has 0 radical (unpaired) electrons. The van der Waals surface area contributed by atoms with Crippen molar-refractivity contribution in [3.63, 3.8) is 0 Å². The lowest BCUT2D eigenvalue weighted by Gasteiger charge is -2.35. The van der Waals surface area contributed by atoms with E-state index in [0.29, 0.717) is 6.54 Å². The van der Waals surface area contributed by atoms with Gasteiger partial charge in [-0.3, -0.25) is 0 Å². The van der Waals surface area contributed by atoms with Crippen molar-refractivity contribution < 1.29 is 9.47 Å². The largest absolute Gasteiger partial charge is 0.348 e. The zero-order valence-electron chi connectivity index (χ0n) is 11.3. The molecule has 1 heterocycles. The van der Waals surface area contributed by atoms with Crippen molar-refractivity contribution in [3.05, 3.63) is 35.4 Å². The molecule has 0 saturated carbocycles. The Hall–Kier alpha value is -0.900. The minimum Gasteiger partial charge on any atom is -0.348 e. The number of benzene rings is 1. The molecule has 100 valence electrons. The van der Waals surface area contributed by atoms with Gasteiger partial charge in [-0.05, 0) is 24.9 Å². The van der Waals surface area contributed by atoms with Crippen molar-refractivity contribution in [3.8, 4) is 0 Å². The Balaban J connectivity index is 2.08. The van der Waals surface area contributed by atoms with Gasteiger partial charge in [-0.15, -0.1) is 0 Å². The van der Waals surface area contributed by atoms with Gasteiger partial charge >= 0.3 is 0 Å². The van der Waals surface area contributed by atoms with E-state index in [0.717, 1.165) is 31.6 Å². The second kappa shape index (κ2) is 5.83. The summed E-state index contributed by atoms with van der Waals surface area (Å²) in [7, 11) is 0. The van der Waals surface area contributed by atoms with Crippen molar-refractivity contribution in [2.45, 2.75) is 33.0 Å². The maximum absolute atomic E-state index is 5.85.